The molecule has 0 aliphatic carbocycles. The number of ether oxygens (including phenoxy) is 1. The molecule has 150 valence electrons. The predicted octanol–water partition coefficient (Wildman–Crippen LogP) is 4.54. The molecule has 2 aromatic carbocycles. The number of anilines is 2. The minimum Gasteiger partial charge on any atom is -0.475 e. The number of rotatable bonds is 5. The SMILES string of the molecule is CCOc1nc2ccccc2nc1N1CCCC(C(=O)Nc2ccccc2Cl)C1. The molecule has 6 nitrogen and oxygen atoms in total. The van der Waals surface area contributed by atoms with E-state index in [1.54, 1.807) is 6.07 Å². The van der Waals surface area contributed by atoms with E-state index in [0.29, 0.717) is 35.6 Å². The van der Waals surface area contributed by atoms with E-state index in [-0.39, 0.29) is 11.8 Å². The van der Waals surface area contributed by atoms with Crippen LogP contribution in [-0.4, -0.2) is 35.6 Å². The normalized spacial score (nSPS) is 16.6. The van der Waals surface area contributed by atoms with Crippen molar-refractivity contribution in [1.82, 2.24) is 9.97 Å². The predicted molar refractivity (Wildman–Crippen MR) is 116 cm³/mol. The number of halogens is 1. The van der Waals surface area contributed by atoms with Crippen LogP contribution in [0.15, 0.2) is 48.5 Å². The minimum absolute atomic E-state index is 0.0329. The maximum atomic E-state index is 12.9. The fourth-order valence-electron chi connectivity index (χ4n) is 3.59. The lowest BCUT2D eigenvalue weighted by Crippen LogP contribution is -2.41. The summed E-state index contributed by atoms with van der Waals surface area (Å²) in [7, 11) is 0. The molecule has 1 atom stereocenters. The van der Waals surface area contributed by atoms with Crippen LogP contribution in [0.3, 0.4) is 0 Å². The first kappa shape index (κ1) is 19.5. The smallest absolute Gasteiger partial charge is 0.258 e. The molecule has 0 bridgehead atoms. The number of nitrogens with zero attached hydrogens (tertiary/aromatic N) is 3. The van der Waals surface area contributed by atoms with Crippen molar-refractivity contribution in [3.63, 3.8) is 0 Å². The van der Waals surface area contributed by atoms with Crippen LogP contribution in [0.4, 0.5) is 11.5 Å². The summed E-state index contributed by atoms with van der Waals surface area (Å²) in [6, 6.07) is 15.0. The number of fused-ring (bicyclic) bond motifs is 1. The van der Waals surface area contributed by atoms with Crippen molar-refractivity contribution in [2.24, 2.45) is 5.92 Å². The Morgan fingerprint density at radius 1 is 1.17 bits per heavy atom. The molecule has 2 heterocycles. The Hall–Kier alpha value is -2.86. The van der Waals surface area contributed by atoms with Crippen molar-refractivity contribution in [2.75, 3.05) is 29.9 Å². The number of benzene rings is 2. The summed E-state index contributed by atoms with van der Waals surface area (Å²) in [5, 5.41) is 3.49. The summed E-state index contributed by atoms with van der Waals surface area (Å²) in [6.45, 7) is 3.80. The molecule has 1 fully saturated rings. The van der Waals surface area contributed by atoms with Gasteiger partial charge in [0.25, 0.3) is 5.88 Å². The second-order valence-electron chi connectivity index (χ2n) is 7.03. The van der Waals surface area contributed by atoms with Crippen LogP contribution in [0.5, 0.6) is 5.88 Å². The Morgan fingerprint density at radius 3 is 2.66 bits per heavy atom. The Morgan fingerprint density at radius 2 is 1.90 bits per heavy atom. The number of carbonyl (C=O) groups is 1. The fraction of sp³-hybridized carbons (Fsp3) is 0.318. The molecule has 1 amide bonds. The highest BCUT2D eigenvalue weighted by Crippen LogP contribution is 2.31. The Balaban J connectivity index is 1.57. The van der Waals surface area contributed by atoms with Gasteiger partial charge in [-0.2, -0.15) is 0 Å². The number of hydrogen-bond donors (Lipinski definition) is 1. The molecule has 3 aromatic rings. The molecule has 1 N–H and O–H groups in total. The summed E-state index contributed by atoms with van der Waals surface area (Å²) in [5.41, 5.74) is 2.25. The van der Waals surface area contributed by atoms with Crippen molar-refractivity contribution in [3.8, 4) is 5.88 Å². The van der Waals surface area contributed by atoms with E-state index in [2.05, 4.69) is 15.2 Å². The first-order chi connectivity index (χ1) is 14.2. The standard InChI is InChI=1S/C22H23ClN4O2/c1-2-29-22-20(24-18-11-5-6-12-19(18)26-22)27-13-7-8-15(14-27)21(28)25-17-10-4-3-9-16(17)23/h3-6,9-12,15H,2,7-8,13-14H2,1H3,(H,25,28). The number of nitrogens with one attached hydrogen (secondary N) is 1. The van der Waals surface area contributed by atoms with E-state index < -0.39 is 0 Å². The minimum atomic E-state index is -0.164. The molecule has 7 heteroatoms. The van der Waals surface area contributed by atoms with Crippen molar-refractivity contribution in [2.45, 2.75) is 19.8 Å². The van der Waals surface area contributed by atoms with E-state index in [0.717, 1.165) is 30.4 Å². The van der Waals surface area contributed by atoms with Gasteiger partial charge in [-0.15, -0.1) is 0 Å². The summed E-state index contributed by atoms with van der Waals surface area (Å²) in [6.07, 6.45) is 1.71. The lowest BCUT2D eigenvalue weighted by atomic mass is 9.97. The number of aromatic nitrogens is 2. The summed E-state index contributed by atoms with van der Waals surface area (Å²) in [4.78, 5) is 24.4. The highest BCUT2D eigenvalue weighted by Gasteiger charge is 2.29. The molecule has 1 unspecified atom stereocenters. The zero-order valence-electron chi connectivity index (χ0n) is 16.3. The van der Waals surface area contributed by atoms with Crippen LogP contribution in [0.2, 0.25) is 5.02 Å². The van der Waals surface area contributed by atoms with Crippen molar-refractivity contribution in [1.29, 1.82) is 0 Å². The third-order valence-electron chi connectivity index (χ3n) is 5.03. The van der Waals surface area contributed by atoms with Crippen LogP contribution in [-0.2, 0) is 4.79 Å². The van der Waals surface area contributed by atoms with Gasteiger partial charge in [0.15, 0.2) is 5.82 Å². The maximum Gasteiger partial charge on any atom is 0.258 e. The van der Waals surface area contributed by atoms with E-state index in [1.807, 2.05) is 49.4 Å². The van der Waals surface area contributed by atoms with Gasteiger partial charge in [-0.05, 0) is 44.0 Å². The zero-order chi connectivity index (χ0) is 20.2. The van der Waals surface area contributed by atoms with Gasteiger partial charge in [0, 0.05) is 13.1 Å². The van der Waals surface area contributed by atoms with Gasteiger partial charge in [0.1, 0.15) is 0 Å². The Kier molecular flexibility index (Phi) is 5.81. The van der Waals surface area contributed by atoms with Gasteiger partial charge in [0.2, 0.25) is 5.91 Å². The molecule has 1 aliphatic rings. The van der Waals surface area contributed by atoms with E-state index in [4.69, 9.17) is 21.3 Å². The third-order valence-corrected chi connectivity index (χ3v) is 5.36. The number of piperidine rings is 1. The van der Waals surface area contributed by atoms with Gasteiger partial charge in [-0.25, -0.2) is 9.97 Å². The Labute approximate surface area is 174 Å². The second-order valence-corrected chi connectivity index (χ2v) is 7.44. The average Bonchev–Trinajstić information content (AvgIpc) is 2.75. The van der Waals surface area contributed by atoms with Gasteiger partial charge in [-0.1, -0.05) is 35.9 Å². The molecule has 1 aliphatic heterocycles. The molecular weight excluding hydrogens is 388 g/mol. The molecule has 0 radical (unpaired) electrons. The second kappa shape index (κ2) is 8.66. The van der Waals surface area contributed by atoms with E-state index in [1.165, 1.54) is 0 Å². The summed E-state index contributed by atoms with van der Waals surface area (Å²) in [5.74, 6) is 1.01. The number of hydrogen-bond acceptors (Lipinski definition) is 5. The average molecular weight is 411 g/mol. The molecule has 0 spiro atoms. The van der Waals surface area contributed by atoms with Gasteiger partial charge in [-0.3, -0.25) is 4.79 Å². The molecule has 1 saturated heterocycles. The van der Waals surface area contributed by atoms with E-state index in [9.17, 15) is 4.79 Å². The van der Waals surface area contributed by atoms with Crippen LogP contribution in [0, 0.1) is 5.92 Å². The third kappa shape index (κ3) is 4.27. The van der Waals surface area contributed by atoms with E-state index >= 15 is 0 Å². The van der Waals surface area contributed by atoms with Gasteiger partial charge in [0.05, 0.1) is 34.3 Å². The molecule has 1 aromatic heterocycles. The van der Waals surface area contributed by atoms with Crippen molar-refractivity contribution < 1.29 is 9.53 Å². The molecule has 0 saturated carbocycles. The topological polar surface area (TPSA) is 67.4 Å². The zero-order valence-corrected chi connectivity index (χ0v) is 17.0. The Bertz CT molecular complexity index is 1030. The maximum absolute atomic E-state index is 12.9. The van der Waals surface area contributed by atoms with Crippen LogP contribution >= 0.6 is 11.6 Å². The lowest BCUT2D eigenvalue weighted by Gasteiger charge is -2.33. The van der Waals surface area contributed by atoms with Gasteiger partial charge < -0.3 is 15.0 Å². The number of amides is 1. The fourth-order valence-corrected chi connectivity index (χ4v) is 3.78. The lowest BCUT2D eigenvalue weighted by molar-refractivity contribution is -0.120. The van der Waals surface area contributed by atoms with Crippen LogP contribution < -0.4 is 15.0 Å². The van der Waals surface area contributed by atoms with Gasteiger partial charge >= 0.3 is 0 Å². The largest absolute Gasteiger partial charge is 0.475 e. The van der Waals surface area contributed by atoms with Crippen molar-refractivity contribution >= 4 is 40.0 Å². The highest BCUT2D eigenvalue weighted by atomic mass is 35.5. The van der Waals surface area contributed by atoms with Crippen molar-refractivity contribution in [3.05, 3.63) is 53.6 Å². The monoisotopic (exact) mass is 410 g/mol. The first-order valence-corrected chi connectivity index (χ1v) is 10.2. The molecular formula is C22H23ClN4O2. The number of para-hydroxylation sites is 3. The quantitative estimate of drug-likeness (QED) is 0.669. The first-order valence-electron chi connectivity index (χ1n) is 9.85. The number of carbonyl (C=O) groups excluding carboxylic acids is 1. The summed E-state index contributed by atoms with van der Waals surface area (Å²) >= 11 is 6.18. The molecule has 4 rings (SSSR count). The highest BCUT2D eigenvalue weighted by molar-refractivity contribution is 6.33. The van der Waals surface area contributed by atoms with Crippen LogP contribution in [0.1, 0.15) is 19.8 Å². The van der Waals surface area contributed by atoms with Crippen LogP contribution in [0.25, 0.3) is 11.0 Å². The molecule has 29 heavy (non-hydrogen) atoms. The summed E-state index contributed by atoms with van der Waals surface area (Å²) < 4.78 is 5.77.